The molecule has 0 bridgehead atoms. The van der Waals surface area contributed by atoms with Gasteiger partial charge in [-0.3, -0.25) is 9.59 Å². The number of carbonyl (C=O) groups excluding carboxylic acids is 3. The second kappa shape index (κ2) is 9.43. The van der Waals surface area contributed by atoms with Crippen molar-refractivity contribution in [3.63, 3.8) is 0 Å². The van der Waals surface area contributed by atoms with Crippen molar-refractivity contribution in [1.29, 1.82) is 0 Å². The van der Waals surface area contributed by atoms with E-state index in [4.69, 9.17) is 4.74 Å². The van der Waals surface area contributed by atoms with Crippen molar-refractivity contribution < 1.29 is 19.1 Å². The topological polar surface area (TPSA) is 75.7 Å². The minimum atomic E-state index is -0.636. The summed E-state index contributed by atoms with van der Waals surface area (Å²) in [6.45, 7) is 5.53. The fourth-order valence-corrected chi connectivity index (χ4v) is 2.62. The number of methoxy groups -OCH3 is 1. The Labute approximate surface area is 132 Å². The van der Waals surface area contributed by atoms with E-state index in [1.54, 1.807) is 0 Å². The van der Waals surface area contributed by atoms with Gasteiger partial charge in [0.05, 0.1) is 7.11 Å². The van der Waals surface area contributed by atoms with Crippen LogP contribution in [0.2, 0.25) is 0 Å². The summed E-state index contributed by atoms with van der Waals surface area (Å²) in [5, 5.41) is 2.67. The largest absolute Gasteiger partial charge is 0.467 e. The van der Waals surface area contributed by atoms with Crippen LogP contribution in [-0.2, 0) is 19.1 Å². The van der Waals surface area contributed by atoms with E-state index in [0.717, 1.165) is 25.9 Å². The lowest BCUT2D eigenvalue weighted by Crippen LogP contribution is -2.43. The van der Waals surface area contributed by atoms with Crippen LogP contribution >= 0.6 is 0 Å². The van der Waals surface area contributed by atoms with E-state index in [9.17, 15) is 14.4 Å². The lowest BCUT2D eigenvalue weighted by Gasteiger charge is -2.26. The fourth-order valence-electron chi connectivity index (χ4n) is 2.62. The van der Waals surface area contributed by atoms with Crippen LogP contribution < -0.4 is 5.32 Å². The highest BCUT2D eigenvalue weighted by atomic mass is 16.5. The summed E-state index contributed by atoms with van der Waals surface area (Å²) in [5.74, 6) is -0.432. The molecule has 1 aliphatic heterocycles. The van der Waals surface area contributed by atoms with Crippen molar-refractivity contribution in [2.45, 2.75) is 58.4 Å². The highest BCUT2D eigenvalue weighted by Gasteiger charge is 2.23. The molecule has 126 valence electrons. The average Bonchev–Trinajstić information content (AvgIpc) is 2.51. The van der Waals surface area contributed by atoms with Gasteiger partial charge in [-0.15, -0.1) is 0 Å². The maximum absolute atomic E-state index is 12.0. The SMILES string of the molecule is COC(=O)[C@@H](CC(C)C)NC(=O)CCC(=O)N1CCCCC1. The number of nitrogens with zero attached hydrogens (tertiary/aromatic N) is 1. The average molecular weight is 312 g/mol. The third-order valence-electron chi connectivity index (χ3n) is 3.80. The number of piperidine rings is 1. The molecule has 0 unspecified atom stereocenters. The molecular formula is C16H28N2O4. The smallest absolute Gasteiger partial charge is 0.328 e. The standard InChI is InChI=1S/C16H28N2O4/c1-12(2)11-13(16(21)22-3)17-14(19)7-8-15(20)18-9-5-4-6-10-18/h12-13H,4-11H2,1-3H3,(H,17,19)/t13-/m1/s1. The maximum Gasteiger partial charge on any atom is 0.328 e. The molecule has 0 spiro atoms. The van der Waals surface area contributed by atoms with E-state index in [0.29, 0.717) is 6.42 Å². The molecule has 1 fully saturated rings. The Morgan fingerprint density at radius 1 is 1.09 bits per heavy atom. The zero-order chi connectivity index (χ0) is 16.5. The first kappa shape index (κ1) is 18.5. The first-order valence-electron chi connectivity index (χ1n) is 8.09. The van der Waals surface area contributed by atoms with Crippen LogP contribution in [-0.4, -0.2) is 48.9 Å². The summed E-state index contributed by atoms with van der Waals surface area (Å²) in [6.07, 6.45) is 4.08. The number of nitrogens with one attached hydrogen (secondary N) is 1. The molecule has 2 amide bonds. The Balaban J connectivity index is 2.39. The molecule has 0 aromatic heterocycles. The molecule has 6 nitrogen and oxygen atoms in total. The molecule has 0 saturated carbocycles. The van der Waals surface area contributed by atoms with Crippen LogP contribution in [0.3, 0.4) is 0 Å². The molecule has 6 heteroatoms. The van der Waals surface area contributed by atoms with E-state index >= 15 is 0 Å². The molecule has 0 aromatic rings. The number of ether oxygens (including phenoxy) is 1. The normalized spacial score (nSPS) is 16.3. The summed E-state index contributed by atoms with van der Waals surface area (Å²) >= 11 is 0. The van der Waals surface area contributed by atoms with Gasteiger partial charge < -0.3 is 15.0 Å². The van der Waals surface area contributed by atoms with Gasteiger partial charge in [0, 0.05) is 25.9 Å². The molecule has 22 heavy (non-hydrogen) atoms. The highest BCUT2D eigenvalue weighted by Crippen LogP contribution is 2.11. The summed E-state index contributed by atoms with van der Waals surface area (Å²) in [6, 6.07) is -0.636. The number of hydrogen-bond donors (Lipinski definition) is 1. The first-order chi connectivity index (χ1) is 10.4. The van der Waals surface area contributed by atoms with Gasteiger partial charge in [0.15, 0.2) is 0 Å². The molecule has 0 aliphatic carbocycles. The Morgan fingerprint density at radius 2 is 1.73 bits per heavy atom. The van der Waals surface area contributed by atoms with E-state index < -0.39 is 12.0 Å². The Bertz CT molecular complexity index is 390. The van der Waals surface area contributed by atoms with E-state index in [2.05, 4.69) is 5.32 Å². The Kier molecular flexibility index (Phi) is 7.91. The van der Waals surface area contributed by atoms with Crippen molar-refractivity contribution in [3.05, 3.63) is 0 Å². The quantitative estimate of drug-likeness (QED) is 0.723. The second-order valence-electron chi connectivity index (χ2n) is 6.21. The molecule has 1 rings (SSSR count). The predicted octanol–water partition coefficient (Wildman–Crippen LogP) is 1.48. The predicted molar refractivity (Wildman–Crippen MR) is 83.1 cm³/mol. The minimum Gasteiger partial charge on any atom is -0.467 e. The Hall–Kier alpha value is -1.59. The van der Waals surface area contributed by atoms with Gasteiger partial charge in [0.1, 0.15) is 6.04 Å². The molecule has 0 aromatic carbocycles. The van der Waals surface area contributed by atoms with E-state index in [1.165, 1.54) is 13.5 Å². The van der Waals surface area contributed by atoms with Gasteiger partial charge in [-0.2, -0.15) is 0 Å². The van der Waals surface area contributed by atoms with Crippen LogP contribution in [0.4, 0.5) is 0 Å². The molecule has 1 aliphatic rings. The van der Waals surface area contributed by atoms with Crippen molar-refractivity contribution in [2.75, 3.05) is 20.2 Å². The maximum atomic E-state index is 12.0. The summed E-state index contributed by atoms with van der Waals surface area (Å²) in [4.78, 5) is 37.4. The van der Waals surface area contributed by atoms with Crippen molar-refractivity contribution in [1.82, 2.24) is 10.2 Å². The van der Waals surface area contributed by atoms with E-state index in [1.807, 2.05) is 18.7 Å². The molecule has 1 N–H and O–H groups in total. The zero-order valence-electron chi connectivity index (χ0n) is 13.9. The monoisotopic (exact) mass is 312 g/mol. The number of esters is 1. The summed E-state index contributed by atoms with van der Waals surface area (Å²) in [7, 11) is 1.31. The number of hydrogen-bond acceptors (Lipinski definition) is 4. The zero-order valence-corrected chi connectivity index (χ0v) is 13.9. The first-order valence-corrected chi connectivity index (χ1v) is 8.09. The molecule has 0 radical (unpaired) electrons. The number of likely N-dealkylation sites (tertiary alicyclic amines) is 1. The van der Waals surface area contributed by atoms with Crippen molar-refractivity contribution in [3.8, 4) is 0 Å². The lowest BCUT2D eigenvalue weighted by molar-refractivity contribution is -0.145. The van der Waals surface area contributed by atoms with Crippen LogP contribution in [0, 0.1) is 5.92 Å². The van der Waals surface area contributed by atoms with Crippen molar-refractivity contribution >= 4 is 17.8 Å². The van der Waals surface area contributed by atoms with Crippen molar-refractivity contribution in [2.24, 2.45) is 5.92 Å². The third-order valence-corrected chi connectivity index (χ3v) is 3.80. The molecule has 1 heterocycles. The lowest BCUT2D eigenvalue weighted by atomic mass is 10.0. The minimum absolute atomic E-state index is 0.0216. The van der Waals surface area contributed by atoms with Gasteiger partial charge in [-0.1, -0.05) is 13.8 Å². The van der Waals surface area contributed by atoms with Crippen LogP contribution in [0.25, 0.3) is 0 Å². The van der Waals surface area contributed by atoms with Gasteiger partial charge in [-0.25, -0.2) is 4.79 Å². The number of amides is 2. The molecule has 1 atom stereocenters. The second-order valence-corrected chi connectivity index (χ2v) is 6.21. The van der Waals surface area contributed by atoms with Gasteiger partial charge >= 0.3 is 5.97 Å². The third kappa shape index (κ3) is 6.45. The highest BCUT2D eigenvalue weighted by molar-refractivity contribution is 5.87. The van der Waals surface area contributed by atoms with Gasteiger partial charge in [0.25, 0.3) is 0 Å². The summed E-state index contributed by atoms with van der Waals surface area (Å²) < 4.78 is 4.71. The van der Waals surface area contributed by atoms with Crippen LogP contribution in [0.15, 0.2) is 0 Å². The molecule has 1 saturated heterocycles. The molecular weight excluding hydrogens is 284 g/mol. The fraction of sp³-hybridized carbons (Fsp3) is 0.812. The number of carbonyl (C=O) groups is 3. The van der Waals surface area contributed by atoms with Gasteiger partial charge in [-0.05, 0) is 31.6 Å². The van der Waals surface area contributed by atoms with E-state index in [-0.39, 0.29) is 30.6 Å². The van der Waals surface area contributed by atoms with Gasteiger partial charge in [0.2, 0.25) is 11.8 Å². The number of rotatable bonds is 7. The van der Waals surface area contributed by atoms with Crippen LogP contribution in [0.1, 0.15) is 52.4 Å². The summed E-state index contributed by atoms with van der Waals surface area (Å²) in [5.41, 5.74) is 0. The van der Waals surface area contributed by atoms with Crippen LogP contribution in [0.5, 0.6) is 0 Å². The Morgan fingerprint density at radius 3 is 2.27 bits per heavy atom.